The molecule has 4 nitrogen and oxygen atoms in total. The average molecular weight is 358 g/mol. The molecule has 1 saturated heterocycles. The molecule has 5 heteroatoms. The summed E-state index contributed by atoms with van der Waals surface area (Å²) < 4.78 is 0. The first-order valence-corrected chi connectivity index (χ1v) is 9.15. The molecule has 1 heterocycles. The van der Waals surface area contributed by atoms with Gasteiger partial charge in [0.2, 0.25) is 5.91 Å². The highest BCUT2D eigenvalue weighted by Crippen LogP contribution is 2.21. The second-order valence-electron chi connectivity index (χ2n) is 6.47. The Morgan fingerprint density at radius 1 is 1.08 bits per heavy atom. The van der Waals surface area contributed by atoms with Crippen molar-refractivity contribution in [2.45, 2.75) is 37.8 Å². The molecule has 0 radical (unpaired) electrons. The number of amides is 1. The monoisotopic (exact) mass is 357 g/mol. The van der Waals surface area contributed by atoms with Crippen LogP contribution in [0.15, 0.2) is 54.6 Å². The van der Waals surface area contributed by atoms with Crippen molar-refractivity contribution in [1.29, 1.82) is 0 Å². The number of aryl methyl sites for hydroxylation is 1. The van der Waals surface area contributed by atoms with Gasteiger partial charge in [-0.3, -0.25) is 10.2 Å². The molecule has 0 saturated carbocycles. The summed E-state index contributed by atoms with van der Waals surface area (Å²) in [5.41, 5.74) is 9.06. The van der Waals surface area contributed by atoms with Crippen molar-refractivity contribution in [2.75, 3.05) is 6.54 Å². The number of hydrogen-bond donors (Lipinski definition) is 3. The van der Waals surface area contributed by atoms with E-state index in [1.807, 2.05) is 42.5 Å². The maximum absolute atomic E-state index is 12.0. The summed E-state index contributed by atoms with van der Waals surface area (Å²) in [5, 5.41) is 3.77. The van der Waals surface area contributed by atoms with E-state index in [1.165, 1.54) is 11.1 Å². The Kier molecular flexibility index (Phi) is 6.45. The molecule has 1 fully saturated rings. The summed E-state index contributed by atoms with van der Waals surface area (Å²) in [5.74, 6) is 0.110. The Balaban J connectivity index is 1.33. The lowest BCUT2D eigenvalue weighted by atomic mass is 10.0. The number of nitrogens with one attached hydrogen (secondary N) is 3. The van der Waals surface area contributed by atoms with Crippen LogP contribution in [0.2, 0.25) is 5.02 Å². The molecule has 0 bridgehead atoms. The molecule has 3 N–H and O–H groups in total. The van der Waals surface area contributed by atoms with Gasteiger partial charge in [0.05, 0.1) is 0 Å². The number of hydrazine groups is 1. The van der Waals surface area contributed by atoms with E-state index in [0.29, 0.717) is 19.0 Å². The smallest absolute Gasteiger partial charge is 0.220 e. The molecule has 0 aliphatic carbocycles. The van der Waals surface area contributed by atoms with E-state index in [9.17, 15) is 4.79 Å². The van der Waals surface area contributed by atoms with Crippen LogP contribution in [-0.2, 0) is 11.2 Å². The van der Waals surface area contributed by atoms with Crippen molar-refractivity contribution in [3.8, 4) is 0 Å². The van der Waals surface area contributed by atoms with Crippen LogP contribution in [0.4, 0.5) is 0 Å². The van der Waals surface area contributed by atoms with Gasteiger partial charge in [0.15, 0.2) is 0 Å². The Hall–Kier alpha value is -1.88. The minimum Gasteiger partial charge on any atom is -0.354 e. The van der Waals surface area contributed by atoms with Crippen molar-refractivity contribution < 1.29 is 4.79 Å². The quantitative estimate of drug-likeness (QED) is 0.712. The van der Waals surface area contributed by atoms with Crippen LogP contribution in [0.25, 0.3) is 0 Å². The van der Waals surface area contributed by atoms with E-state index in [-0.39, 0.29) is 11.9 Å². The highest BCUT2D eigenvalue weighted by Gasteiger charge is 2.24. The van der Waals surface area contributed by atoms with Gasteiger partial charge < -0.3 is 5.32 Å². The van der Waals surface area contributed by atoms with Gasteiger partial charge in [0, 0.05) is 30.1 Å². The van der Waals surface area contributed by atoms with Gasteiger partial charge >= 0.3 is 0 Å². The summed E-state index contributed by atoms with van der Waals surface area (Å²) in [4.78, 5) is 12.0. The highest BCUT2D eigenvalue weighted by atomic mass is 35.5. The van der Waals surface area contributed by atoms with Crippen LogP contribution in [0.5, 0.6) is 0 Å². The molecule has 25 heavy (non-hydrogen) atoms. The summed E-state index contributed by atoms with van der Waals surface area (Å²) >= 11 is 5.87. The molecule has 2 aromatic rings. The molecule has 0 spiro atoms. The van der Waals surface area contributed by atoms with E-state index < -0.39 is 0 Å². The fourth-order valence-corrected chi connectivity index (χ4v) is 3.22. The van der Waals surface area contributed by atoms with Gasteiger partial charge in [0.1, 0.15) is 0 Å². The van der Waals surface area contributed by atoms with Crippen LogP contribution in [-0.4, -0.2) is 18.5 Å². The fourth-order valence-electron chi connectivity index (χ4n) is 3.09. The third-order valence-electron chi connectivity index (χ3n) is 4.51. The van der Waals surface area contributed by atoms with Gasteiger partial charge in [0.25, 0.3) is 0 Å². The summed E-state index contributed by atoms with van der Waals surface area (Å²) in [6.45, 7) is 0.649. The standard InChI is InChI=1S/C20H24ClN3O/c21-17-11-9-15(10-12-17)5-4-8-20(25)22-14-18-13-19(24-23-18)16-6-2-1-3-7-16/h1-3,6-7,9-12,18-19,23-24H,4-5,8,13-14H2,(H,22,25). The van der Waals surface area contributed by atoms with Gasteiger partial charge in [-0.2, -0.15) is 0 Å². The van der Waals surface area contributed by atoms with Crippen molar-refractivity contribution >= 4 is 17.5 Å². The summed E-state index contributed by atoms with van der Waals surface area (Å²) in [6.07, 6.45) is 3.25. The average Bonchev–Trinajstić information content (AvgIpc) is 3.11. The largest absolute Gasteiger partial charge is 0.354 e. The molecule has 2 unspecified atom stereocenters. The molecule has 1 aliphatic heterocycles. The highest BCUT2D eigenvalue weighted by molar-refractivity contribution is 6.30. The van der Waals surface area contributed by atoms with Crippen LogP contribution in [0.3, 0.4) is 0 Å². The number of rotatable bonds is 7. The minimum absolute atomic E-state index is 0.110. The first-order valence-electron chi connectivity index (χ1n) is 8.78. The predicted octanol–water partition coefficient (Wildman–Crippen LogP) is 3.39. The van der Waals surface area contributed by atoms with Crippen LogP contribution >= 0.6 is 11.6 Å². The van der Waals surface area contributed by atoms with E-state index >= 15 is 0 Å². The predicted molar refractivity (Wildman–Crippen MR) is 101 cm³/mol. The Labute approximate surface area is 153 Å². The van der Waals surface area contributed by atoms with E-state index in [1.54, 1.807) is 0 Å². The van der Waals surface area contributed by atoms with Gasteiger partial charge in [-0.1, -0.05) is 54.1 Å². The Morgan fingerprint density at radius 3 is 2.60 bits per heavy atom. The maximum atomic E-state index is 12.0. The zero-order valence-corrected chi connectivity index (χ0v) is 14.9. The van der Waals surface area contributed by atoms with Crippen molar-refractivity contribution in [3.05, 3.63) is 70.7 Å². The van der Waals surface area contributed by atoms with E-state index in [4.69, 9.17) is 11.6 Å². The molecular weight excluding hydrogens is 334 g/mol. The zero-order chi connectivity index (χ0) is 17.5. The normalized spacial score (nSPS) is 19.7. The Morgan fingerprint density at radius 2 is 1.84 bits per heavy atom. The van der Waals surface area contributed by atoms with Gasteiger partial charge in [-0.05, 0) is 42.5 Å². The Bertz CT molecular complexity index is 675. The minimum atomic E-state index is 0.110. The maximum Gasteiger partial charge on any atom is 0.220 e. The number of hydrogen-bond acceptors (Lipinski definition) is 3. The molecule has 3 rings (SSSR count). The van der Waals surface area contributed by atoms with Gasteiger partial charge in [-0.15, -0.1) is 0 Å². The molecule has 0 aromatic heterocycles. The molecule has 1 amide bonds. The molecular formula is C20H24ClN3O. The van der Waals surface area contributed by atoms with Crippen molar-refractivity contribution in [1.82, 2.24) is 16.2 Å². The number of halogens is 1. The second kappa shape index (κ2) is 8.99. The lowest BCUT2D eigenvalue weighted by Gasteiger charge is -2.11. The molecule has 2 atom stereocenters. The summed E-state index contributed by atoms with van der Waals surface area (Å²) in [7, 11) is 0. The fraction of sp³-hybridized carbons (Fsp3) is 0.350. The van der Waals surface area contributed by atoms with Crippen molar-refractivity contribution in [2.24, 2.45) is 0 Å². The third kappa shape index (κ3) is 5.56. The third-order valence-corrected chi connectivity index (χ3v) is 4.76. The summed E-state index contributed by atoms with van der Waals surface area (Å²) in [6, 6.07) is 18.7. The first kappa shape index (κ1) is 17.9. The number of benzene rings is 2. The molecule has 1 aliphatic rings. The van der Waals surface area contributed by atoms with E-state index in [2.05, 4.69) is 28.3 Å². The van der Waals surface area contributed by atoms with Gasteiger partial charge in [-0.25, -0.2) is 5.43 Å². The van der Waals surface area contributed by atoms with Crippen LogP contribution < -0.4 is 16.2 Å². The lowest BCUT2D eigenvalue weighted by Crippen LogP contribution is -2.40. The molecule has 2 aromatic carbocycles. The van der Waals surface area contributed by atoms with Crippen LogP contribution in [0, 0.1) is 0 Å². The zero-order valence-electron chi connectivity index (χ0n) is 14.2. The van der Waals surface area contributed by atoms with Crippen molar-refractivity contribution in [3.63, 3.8) is 0 Å². The second-order valence-corrected chi connectivity index (χ2v) is 6.91. The first-order chi connectivity index (χ1) is 12.2. The molecule has 132 valence electrons. The van der Waals surface area contributed by atoms with E-state index in [0.717, 1.165) is 24.3 Å². The topological polar surface area (TPSA) is 53.2 Å². The lowest BCUT2D eigenvalue weighted by molar-refractivity contribution is -0.121. The SMILES string of the molecule is O=C(CCCc1ccc(Cl)cc1)NCC1CC(c2ccccc2)NN1. The number of carbonyl (C=O) groups excluding carboxylic acids is 1. The van der Waals surface area contributed by atoms with Crippen LogP contribution in [0.1, 0.15) is 36.4 Å². The number of carbonyl (C=O) groups is 1.